The fourth-order valence-corrected chi connectivity index (χ4v) is 2.54. The Kier molecular flexibility index (Phi) is 4.56. The lowest BCUT2D eigenvalue weighted by molar-refractivity contribution is 0.198. The van der Waals surface area contributed by atoms with Gasteiger partial charge in [0.15, 0.2) is 0 Å². The van der Waals surface area contributed by atoms with Gasteiger partial charge in [0.05, 0.1) is 0 Å². The summed E-state index contributed by atoms with van der Waals surface area (Å²) in [6.45, 7) is 6.23. The van der Waals surface area contributed by atoms with Crippen LogP contribution < -0.4 is 0 Å². The maximum Gasteiger partial charge on any atom is 0.123 e. The van der Waals surface area contributed by atoms with Crippen LogP contribution in [0.15, 0.2) is 48.5 Å². The third kappa shape index (κ3) is 3.26. The van der Waals surface area contributed by atoms with Crippen LogP contribution in [0.25, 0.3) is 0 Å². The Morgan fingerprint density at radius 2 is 1.50 bits per heavy atom. The van der Waals surface area contributed by atoms with Crippen LogP contribution in [0, 0.1) is 12.7 Å². The summed E-state index contributed by atoms with van der Waals surface area (Å²) in [6, 6.07) is 16.1. The van der Waals surface area contributed by atoms with E-state index in [4.69, 9.17) is 0 Å². The summed E-state index contributed by atoms with van der Waals surface area (Å²) in [5.74, 6) is -0.160. The molecule has 1 unspecified atom stereocenters. The summed E-state index contributed by atoms with van der Waals surface area (Å²) >= 11 is 0. The van der Waals surface area contributed by atoms with Crippen molar-refractivity contribution in [3.8, 4) is 0 Å². The second-order valence-corrected chi connectivity index (χ2v) is 5.49. The molecular weight excluding hydrogens is 249 g/mol. The van der Waals surface area contributed by atoms with E-state index in [0.29, 0.717) is 0 Å². The topological polar surface area (TPSA) is 3.24 Å². The highest BCUT2D eigenvalue weighted by Crippen LogP contribution is 2.29. The third-order valence-electron chi connectivity index (χ3n) is 4.05. The highest BCUT2D eigenvalue weighted by atomic mass is 19.1. The van der Waals surface area contributed by atoms with Crippen LogP contribution in [0.4, 0.5) is 4.39 Å². The fraction of sp³-hybridized carbons (Fsp3) is 0.333. The smallest absolute Gasteiger partial charge is 0.123 e. The number of nitrogens with zero attached hydrogens (tertiary/aromatic N) is 1. The lowest BCUT2D eigenvalue weighted by atomic mass is 10.0. The SMILES string of the molecule is Cc1cc(F)cc([C@H](C)N(C)C(C)c2ccccc2)c1. The molecule has 0 amide bonds. The zero-order valence-corrected chi connectivity index (χ0v) is 12.6. The first-order valence-corrected chi connectivity index (χ1v) is 7.03. The maximum atomic E-state index is 13.6. The molecule has 0 N–H and O–H groups in total. The van der Waals surface area contributed by atoms with Crippen molar-refractivity contribution in [2.24, 2.45) is 0 Å². The predicted molar refractivity (Wildman–Crippen MR) is 82.2 cm³/mol. The van der Waals surface area contributed by atoms with E-state index >= 15 is 0 Å². The highest BCUT2D eigenvalue weighted by molar-refractivity contribution is 5.27. The van der Waals surface area contributed by atoms with Gasteiger partial charge in [0.25, 0.3) is 0 Å². The zero-order valence-electron chi connectivity index (χ0n) is 12.6. The molecule has 0 aliphatic rings. The number of benzene rings is 2. The van der Waals surface area contributed by atoms with Gasteiger partial charge in [0.1, 0.15) is 5.82 Å². The van der Waals surface area contributed by atoms with Crippen molar-refractivity contribution in [3.05, 3.63) is 71.0 Å². The molecule has 0 aliphatic carbocycles. The molecule has 1 nitrogen and oxygen atoms in total. The Morgan fingerprint density at radius 1 is 0.900 bits per heavy atom. The van der Waals surface area contributed by atoms with Crippen LogP contribution in [0.1, 0.15) is 42.6 Å². The van der Waals surface area contributed by atoms with E-state index in [0.717, 1.165) is 11.1 Å². The molecule has 0 saturated heterocycles. The Bertz CT molecular complexity index is 545. The van der Waals surface area contributed by atoms with Crippen molar-refractivity contribution in [1.82, 2.24) is 4.90 Å². The molecule has 2 atom stereocenters. The van der Waals surface area contributed by atoms with E-state index in [9.17, 15) is 4.39 Å². The lowest BCUT2D eigenvalue weighted by Crippen LogP contribution is -2.26. The van der Waals surface area contributed by atoms with Gasteiger partial charge < -0.3 is 0 Å². The molecule has 0 heterocycles. The minimum atomic E-state index is -0.160. The molecule has 0 aliphatic heterocycles. The van der Waals surface area contributed by atoms with Crippen molar-refractivity contribution in [2.45, 2.75) is 32.9 Å². The Hall–Kier alpha value is -1.67. The van der Waals surface area contributed by atoms with Crippen molar-refractivity contribution >= 4 is 0 Å². The van der Waals surface area contributed by atoms with Crippen LogP contribution in [0.3, 0.4) is 0 Å². The highest BCUT2D eigenvalue weighted by Gasteiger charge is 2.19. The largest absolute Gasteiger partial charge is 0.293 e. The predicted octanol–water partition coefficient (Wildman–Crippen LogP) is 4.89. The second-order valence-electron chi connectivity index (χ2n) is 5.49. The molecule has 106 valence electrons. The molecule has 0 bridgehead atoms. The minimum absolute atomic E-state index is 0.160. The van der Waals surface area contributed by atoms with E-state index in [1.165, 1.54) is 5.56 Å². The van der Waals surface area contributed by atoms with Crippen molar-refractivity contribution < 1.29 is 4.39 Å². The molecule has 0 spiro atoms. The fourth-order valence-electron chi connectivity index (χ4n) is 2.54. The summed E-state index contributed by atoms with van der Waals surface area (Å²) < 4.78 is 13.6. The molecule has 2 heteroatoms. The summed E-state index contributed by atoms with van der Waals surface area (Å²) in [7, 11) is 2.09. The first kappa shape index (κ1) is 14.7. The number of hydrogen-bond acceptors (Lipinski definition) is 1. The van der Waals surface area contributed by atoms with Crippen molar-refractivity contribution in [3.63, 3.8) is 0 Å². The van der Waals surface area contributed by atoms with Crippen LogP contribution in [0.2, 0.25) is 0 Å². The molecule has 2 aromatic carbocycles. The molecule has 0 saturated carbocycles. The minimum Gasteiger partial charge on any atom is -0.293 e. The average Bonchev–Trinajstić information content (AvgIpc) is 2.45. The number of aryl methyl sites for hydroxylation is 1. The molecule has 2 aromatic rings. The van der Waals surface area contributed by atoms with E-state index in [1.807, 2.05) is 13.0 Å². The van der Waals surface area contributed by atoms with Gasteiger partial charge in [0, 0.05) is 12.1 Å². The summed E-state index contributed by atoms with van der Waals surface area (Å²) in [6.07, 6.45) is 0. The summed E-state index contributed by atoms with van der Waals surface area (Å²) in [4.78, 5) is 2.27. The van der Waals surface area contributed by atoms with Gasteiger partial charge in [-0.2, -0.15) is 0 Å². The Labute approximate surface area is 121 Å². The summed E-state index contributed by atoms with van der Waals surface area (Å²) in [5, 5.41) is 0. The van der Waals surface area contributed by atoms with Gasteiger partial charge in [-0.05, 0) is 56.6 Å². The number of hydrogen-bond donors (Lipinski definition) is 0. The molecule has 20 heavy (non-hydrogen) atoms. The van der Waals surface area contributed by atoms with E-state index in [2.05, 4.69) is 56.1 Å². The van der Waals surface area contributed by atoms with Crippen molar-refractivity contribution in [2.75, 3.05) is 7.05 Å². The molecule has 0 fully saturated rings. The Morgan fingerprint density at radius 3 is 2.10 bits per heavy atom. The van der Waals surface area contributed by atoms with Crippen LogP contribution in [0.5, 0.6) is 0 Å². The van der Waals surface area contributed by atoms with Gasteiger partial charge in [-0.15, -0.1) is 0 Å². The van der Waals surface area contributed by atoms with Gasteiger partial charge in [-0.3, -0.25) is 4.90 Å². The van der Waals surface area contributed by atoms with Crippen molar-refractivity contribution in [1.29, 1.82) is 0 Å². The number of rotatable bonds is 4. The van der Waals surface area contributed by atoms with E-state index < -0.39 is 0 Å². The van der Waals surface area contributed by atoms with E-state index in [-0.39, 0.29) is 17.9 Å². The molecule has 0 radical (unpaired) electrons. The van der Waals surface area contributed by atoms with Crippen LogP contribution >= 0.6 is 0 Å². The quantitative estimate of drug-likeness (QED) is 0.765. The van der Waals surface area contributed by atoms with Gasteiger partial charge >= 0.3 is 0 Å². The molecule has 2 rings (SSSR count). The third-order valence-corrected chi connectivity index (χ3v) is 4.05. The van der Waals surface area contributed by atoms with Crippen LogP contribution in [-0.2, 0) is 0 Å². The molecule has 0 aromatic heterocycles. The zero-order chi connectivity index (χ0) is 14.7. The monoisotopic (exact) mass is 271 g/mol. The van der Waals surface area contributed by atoms with E-state index in [1.54, 1.807) is 12.1 Å². The van der Waals surface area contributed by atoms with Crippen LogP contribution in [-0.4, -0.2) is 11.9 Å². The van der Waals surface area contributed by atoms with Gasteiger partial charge in [-0.25, -0.2) is 4.39 Å². The van der Waals surface area contributed by atoms with Gasteiger partial charge in [0.2, 0.25) is 0 Å². The first-order chi connectivity index (χ1) is 9.49. The average molecular weight is 271 g/mol. The standard InChI is InChI=1S/C18H22FN/c1-13-10-17(12-18(19)11-13)15(3)20(4)14(2)16-8-6-5-7-9-16/h5-12,14-15H,1-4H3/t14?,15-/m0/s1. The molecular formula is C18H22FN. The second kappa shape index (κ2) is 6.19. The maximum absolute atomic E-state index is 13.6. The number of halogens is 1. The van der Waals surface area contributed by atoms with Gasteiger partial charge in [-0.1, -0.05) is 36.4 Å². The Balaban J connectivity index is 2.21. The summed E-state index contributed by atoms with van der Waals surface area (Å²) in [5.41, 5.74) is 3.26. The normalized spacial score (nSPS) is 14.3. The first-order valence-electron chi connectivity index (χ1n) is 7.03. The lowest BCUT2D eigenvalue weighted by Gasteiger charge is -2.31.